The molecule has 6 nitrogen and oxygen atoms in total. The van der Waals surface area contributed by atoms with E-state index in [0.29, 0.717) is 11.5 Å². The van der Waals surface area contributed by atoms with E-state index in [4.69, 9.17) is 9.72 Å². The number of pyridine rings is 1. The summed E-state index contributed by atoms with van der Waals surface area (Å²) >= 11 is 2.53. The molecule has 0 N–H and O–H groups in total. The molecular weight excluding hydrogens is 1390 g/mol. The molecule has 4 heterocycles. The zero-order valence-electron chi connectivity index (χ0n) is 54.1. The fourth-order valence-corrected chi connectivity index (χ4v) is 16.4. The van der Waals surface area contributed by atoms with Crippen LogP contribution in [-0.2, 0) is 24.8 Å². The van der Waals surface area contributed by atoms with Crippen LogP contribution >= 0.6 is 0 Å². The van der Waals surface area contributed by atoms with Crippen molar-refractivity contribution >= 4 is 45.3 Å². The molecule has 0 aliphatic carbocycles. The maximum atomic E-state index is 7.38. The van der Waals surface area contributed by atoms with Gasteiger partial charge in [-0.05, 0) is 87.8 Å². The van der Waals surface area contributed by atoms with Crippen LogP contribution in [0.4, 0.5) is 34.3 Å². The van der Waals surface area contributed by atoms with Crippen LogP contribution in [0.15, 0.2) is 364 Å². The molecule has 2 aliphatic rings. The summed E-state index contributed by atoms with van der Waals surface area (Å²) in [5, 5.41) is 0. The van der Waals surface area contributed by atoms with Gasteiger partial charge in [0.25, 0.3) is 0 Å². The number of aromatic nitrogens is 3. The van der Waals surface area contributed by atoms with Crippen LogP contribution in [0, 0.1) is 10.7 Å². The van der Waals surface area contributed by atoms with Gasteiger partial charge in [0, 0.05) is 17.4 Å². The summed E-state index contributed by atoms with van der Waals surface area (Å²) in [4.78, 5) is 10.4. The first-order valence-corrected chi connectivity index (χ1v) is 34.7. The van der Waals surface area contributed by atoms with Crippen molar-refractivity contribution in [1.82, 2.24) is 14.1 Å². The Morgan fingerprint density at radius 1 is 0.303 bits per heavy atom. The van der Waals surface area contributed by atoms with Crippen LogP contribution < -0.4 is 14.5 Å². The van der Waals surface area contributed by atoms with Gasteiger partial charge in [-0.25, -0.2) is 0 Å². The molecule has 0 radical (unpaired) electrons. The first-order chi connectivity index (χ1) is 48.9. The van der Waals surface area contributed by atoms with Gasteiger partial charge in [-0.2, -0.15) is 0 Å². The second kappa shape index (κ2) is 24.8. The van der Waals surface area contributed by atoms with E-state index < -0.39 is 5.41 Å². The third kappa shape index (κ3) is 10.1. The molecular formula is C92H63N5OPt. The summed E-state index contributed by atoms with van der Waals surface area (Å²) in [5.41, 5.74) is 27.9. The maximum absolute atomic E-state index is 7.38. The summed E-state index contributed by atoms with van der Waals surface area (Å²) in [6.45, 7) is 2.21. The Morgan fingerprint density at radius 2 is 0.737 bits per heavy atom. The first kappa shape index (κ1) is 59.3. The van der Waals surface area contributed by atoms with E-state index in [1.165, 1.54) is 11.1 Å². The van der Waals surface area contributed by atoms with Gasteiger partial charge >= 0.3 is 306 Å². The van der Waals surface area contributed by atoms with Crippen LogP contribution in [0.3, 0.4) is 0 Å². The minimum absolute atomic E-state index is 0.682. The Labute approximate surface area is 586 Å². The predicted molar refractivity (Wildman–Crippen MR) is 402 cm³/mol. The Balaban J connectivity index is 0.846. The van der Waals surface area contributed by atoms with Crippen LogP contribution in [0.1, 0.15) is 27.8 Å². The molecule has 0 bridgehead atoms. The molecule has 0 atom stereocenters. The summed E-state index contributed by atoms with van der Waals surface area (Å²) in [7, 11) is 0. The predicted octanol–water partition coefficient (Wildman–Crippen LogP) is 23.9. The molecule has 7 heteroatoms. The average molecular weight is 1450 g/mol. The topological polar surface area (TPSA) is 38.5 Å². The number of nitrogens with zero attached hydrogens (tertiary/aromatic N) is 5. The van der Waals surface area contributed by atoms with E-state index in [0.717, 1.165) is 144 Å². The van der Waals surface area contributed by atoms with Crippen LogP contribution in [0.2, 0.25) is 0 Å². The molecule has 0 unspecified atom stereocenters. The molecule has 0 fully saturated rings. The number of benzene rings is 14. The number of fused-ring (bicyclic) bond motifs is 9. The zero-order chi connectivity index (χ0) is 66.0. The number of anilines is 6. The molecule has 14 aromatic carbocycles. The number of aryl methyl sites for hydroxylation is 1. The first-order valence-electron chi connectivity index (χ1n) is 33.6. The van der Waals surface area contributed by atoms with E-state index in [1.54, 1.807) is 0 Å². The van der Waals surface area contributed by atoms with E-state index in [9.17, 15) is 0 Å². The second-order valence-electron chi connectivity index (χ2n) is 25.4. The van der Waals surface area contributed by atoms with Crippen molar-refractivity contribution in [1.29, 1.82) is 0 Å². The van der Waals surface area contributed by atoms with Gasteiger partial charge in [0.15, 0.2) is 0 Å². The molecule has 0 amide bonds. The molecule has 0 saturated carbocycles. The van der Waals surface area contributed by atoms with Crippen molar-refractivity contribution in [3.8, 4) is 89.6 Å². The van der Waals surface area contributed by atoms with E-state index >= 15 is 0 Å². The van der Waals surface area contributed by atoms with Gasteiger partial charge in [-0.15, -0.1) is 0 Å². The van der Waals surface area contributed by atoms with Gasteiger partial charge in [-0.1, -0.05) is 164 Å². The SMILES string of the molecule is Cc1cc(N2c3ccccc3C3(c4cc(-c5ccccc5)ccc4N(c4ccccc4)c4ccc(-c5ccccc5)cc43)c3ccc(Oc4cccc(-n5[c](=[Pt])n(-c6c(-c7ccccc7)cccc6-c6ccccc6)c6ccccc65)c4)cc32)ncc1-c1ccc(-c2ccccc2)cc1. The Bertz CT molecular complexity index is 5650. The monoisotopic (exact) mass is 1450 g/mol. The smallest absolute Gasteiger partial charge is 0.0622 e. The summed E-state index contributed by atoms with van der Waals surface area (Å²) in [6, 6.07) is 129. The standard InChI is InChI=1S/C92H63N5O.Pt/c1-63-56-90(93-61-79(63)70-48-46-67(47-49-70)64-26-8-2-9-27-64)97-84-43-21-20-42-80(84)92(82-57-71(65-28-10-3-11-29-65)50-54-85(82)96(73-36-18-7-19-37-73)86-55-51-72(58-83(86)92)66-30-12-4-13-31-66)81-53-52-76(60-89(81)97)98-75-39-24-38-74(59-75)94-62-95(88-45-23-22-44-87(88)94)91-77(68-32-14-5-15-33-68)40-25-41-78(91)69-34-16-6-17-35-69;/h2-61H,1H3;. The minimum Gasteiger partial charge on any atom is -0.0622 e. The number of hydrogen-bond acceptors (Lipinski definition) is 4. The molecule has 2 aliphatic heterocycles. The molecule has 472 valence electrons. The fraction of sp³-hybridized carbons (Fsp3) is 0.0217. The van der Waals surface area contributed by atoms with Gasteiger partial charge in [0.05, 0.1) is 11.4 Å². The van der Waals surface area contributed by atoms with Crippen molar-refractivity contribution in [3.63, 3.8) is 0 Å². The Hall–Kier alpha value is -12.2. The van der Waals surface area contributed by atoms with Crippen molar-refractivity contribution in [3.05, 3.63) is 396 Å². The van der Waals surface area contributed by atoms with Crippen molar-refractivity contribution in [2.45, 2.75) is 12.3 Å². The number of rotatable bonds is 12. The number of ether oxygens (including phenoxy) is 1. The minimum atomic E-state index is -0.914. The summed E-state index contributed by atoms with van der Waals surface area (Å²) < 4.78 is 13.2. The van der Waals surface area contributed by atoms with E-state index in [2.05, 4.69) is 409 Å². The molecule has 99 heavy (non-hydrogen) atoms. The zero-order valence-corrected chi connectivity index (χ0v) is 56.4. The Kier molecular flexibility index (Phi) is 14.8. The van der Waals surface area contributed by atoms with Gasteiger partial charge in [0.1, 0.15) is 0 Å². The summed E-state index contributed by atoms with van der Waals surface area (Å²) in [5.74, 6) is 2.18. The van der Waals surface area contributed by atoms with Gasteiger partial charge < -0.3 is 4.90 Å². The third-order valence-corrected chi connectivity index (χ3v) is 20.8. The van der Waals surface area contributed by atoms with Crippen LogP contribution in [0.25, 0.3) is 89.2 Å². The van der Waals surface area contributed by atoms with Crippen LogP contribution in [0.5, 0.6) is 11.5 Å². The molecule has 18 rings (SSSR count). The van der Waals surface area contributed by atoms with Gasteiger partial charge in [0.2, 0.25) is 0 Å². The summed E-state index contributed by atoms with van der Waals surface area (Å²) in [6.07, 6.45) is 2.06. The Morgan fingerprint density at radius 3 is 1.32 bits per heavy atom. The quantitative estimate of drug-likeness (QED) is 0.122. The second-order valence-corrected chi connectivity index (χ2v) is 26.4. The number of para-hydroxylation sites is 5. The molecule has 16 aromatic rings. The molecule has 2 aromatic heterocycles. The van der Waals surface area contributed by atoms with Gasteiger partial charge in [-0.3, -0.25) is 0 Å². The van der Waals surface area contributed by atoms with Crippen molar-refractivity contribution in [2.24, 2.45) is 0 Å². The number of imidazole rings is 1. The fourth-order valence-electron chi connectivity index (χ4n) is 15.3. The number of hydrogen-bond donors (Lipinski definition) is 0. The van der Waals surface area contributed by atoms with Crippen molar-refractivity contribution in [2.75, 3.05) is 9.80 Å². The average Bonchev–Trinajstić information content (AvgIpc) is 1.18. The van der Waals surface area contributed by atoms with E-state index in [-0.39, 0.29) is 0 Å². The molecule has 0 saturated heterocycles. The van der Waals surface area contributed by atoms with Crippen LogP contribution in [-0.4, -0.2) is 14.1 Å². The van der Waals surface area contributed by atoms with Crippen molar-refractivity contribution < 1.29 is 24.1 Å². The molecule has 1 spiro atoms. The third-order valence-electron chi connectivity index (χ3n) is 19.7. The normalized spacial score (nSPS) is 12.6. The van der Waals surface area contributed by atoms with E-state index in [1.807, 2.05) is 0 Å².